The lowest BCUT2D eigenvalue weighted by atomic mass is 10.1. The standard InChI is InChI=1S/C19H16ClN3O3/c1-11-16(9-13-5-8-15(26-2)10-17(13)21-11)19(25)23-22-18(24)12-3-6-14(20)7-4-12/h3-10H,1-2H3,(H,22,24)(H,23,25). The van der Waals surface area contributed by atoms with Crippen molar-refractivity contribution in [3.05, 3.63) is 70.4 Å². The number of aromatic nitrogens is 1. The van der Waals surface area contributed by atoms with Crippen LogP contribution in [-0.4, -0.2) is 23.9 Å². The lowest BCUT2D eigenvalue weighted by Gasteiger charge is -2.10. The fourth-order valence-corrected chi connectivity index (χ4v) is 2.58. The molecule has 0 spiro atoms. The highest BCUT2D eigenvalue weighted by atomic mass is 35.5. The van der Waals surface area contributed by atoms with Crippen LogP contribution in [0.2, 0.25) is 5.02 Å². The fourth-order valence-electron chi connectivity index (χ4n) is 2.45. The second-order valence-corrected chi connectivity index (χ2v) is 6.03. The number of ether oxygens (including phenoxy) is 1. The summed E-state index contributed by atoms with van der Waals surface area (Å²) in [7, 11) is 1.58. The zero-order valence-corrected chi connectivity index (χ0v) is 14.9. The molecular weight excluding hydrogens is 354 g/mol. The largest absolute Gasteiger partial charge is 0.497 e. The second kappa shape index (κ2) is 7.41. The maximum atomic E-state index is 12.4. The van der Waals surface area contributed by atoms with Crippen molar-refractivity contribution in [3.63, 3.8) is 0 Å². The van der Waals surface area contributed by atoms with Crippen LogP contribution in [0.5, 0.6) is 5.75 Å². The van der Waals surface area contributed by atoms with Crippen LogP contribution >= 0.6 is 11.6 Å². The van der Waals surface area contributed by atoms with Gasteiger partial charge < -0.3 is 4.74 Å². The molecule has 7 heteroatoms. The highest BCUT2D eigenvalue weighted by molar-refractivity contribution is 6.30. The molecule has 26 heavy (non-hydrogen) atoms. The lowest BCUT2D eigenvalue weighted by molar-refractivity contribution is 0.0846. The smallest absolute Gasteiger partial charge is 0.271 e. The van der Waals surface area contributed by atoms with E-state index in [1.165, 1.54) is 0 Å². The molecule has 0 unspecified atom stereocenters. The minimum atomic E-state index is -0.449. The van der Waals surface area contributed by atoms with E-state index >= 15 is 0 Å². The van der Waals surface area contributed by atoms with E-state index < -0.39 is 11.8 Å². The number of amides is 2. The van der Waals surface area contributed by atoms with E-state index in [0.29, 0.717) is 27.6 Å². The molecule has 6 nitrogen and oxygen atoms in total. The predicted molar refractivity (Wildman–Crippen MR) is 99.4 cm³/mol. The van der Waals surface area contributed by atoms with Gasteiger partial charge in [0, 0.05) is 22.0 Å². The van der Waals surface area contributed by atoms with Gasteiger partial charge in [0.2, 0.25) is 0 Å². The van der Waals surface area contributed by atoms with Gasteiger partial charge in [-0.1, -0.05) is 11.6 Å². The van der Waals surface area contributed by atoms with Crippen molar-refractivity contribution in [1.29, 1.82) is 0 Å². The van der Waals surface area contributed by atoms with Crippen molar-refractivity contribution in [3.8, 4) is 5.75 Å². The Kier molecular flexibility index (Phi) is 5.04. The number of hydrazine groups is 1. The van der Waals surface area contributed by atoms with E-state index in [-0.39, 0.29) is 0 Å². The van der Waals surface area contributed by atoms with Gasteiger partial charge in [-0.3, -0.25) is 25.4 Å². The number of carbonyl (C=O) groups is 2. The van der Waals surface area contributed by atoms with Crippen LogP contribution in [0.3, 0.4) is 0 Å². The maximum Gasteiger partial charge on any atom is 0.271 e. The van der Waals surface area contributed by atoms with Crippen molar-refractivity contribution in [2.24, 2.45) is 0 Å². The summed E-state index contributed by atoms with van der Waals surface area (Å²) in [6.07, 6.45) is 0. The number of benzene rings is 2. The first-order chi connectivity index (χ1) is 12.5. The number of nitrogens with zero attached hydrogens (tertiary/aromatic N) is 1. The van der Waals surface area contributed by atoms with E-state index in [2.05, 4.69) is 15.8 Å². The lowest BCUT2D eigenvalue weighted by Crippen LogP contribution is -2.41. The molecule has 3 rings (SSSR count). The Bertz CT molecular complexity index is 987. The van der Waals surface area contributed by atoms with Gasteiger partial charge in [0.25, 0.3) is 11.8 Å². The van der Waals surface area contributed by atoms with Crippen LogP contribution in [0.15, 0.2) is 48.5 Å². The topological polar surface area (TPSA) is 80.3 Å². The molecule has 0 aliphatic heterocycles. The molecule has 3 aromatic rings. The summed E-state index contributed by atoms with van der Waals surface area (Å²) in [5, 5.41) is 1.32. The van der Waals surface area contributed by atoms with Crippen LogP contribution in [0.25, 0.3) is 10.9 Å². The van der Waals surface area contributed by atoms with E-state index in [1.54, 1.807) is 56.5 Å². The summed E-state index contributed by atoms with van der Waals surface area (Å²) in [6, 6.07) is 13.5. The molecule has 0 saturated heterocycles. The minimum Gasteiger partial charge on any atom is -0.497 e. The summed E-state index contributed by atoms with van der Waals surface area (Å²) in [4.78, 5) is 28.9. The van der Waals surface area contributed by atoms with Crippen LogP contribution in [0, 0.1) is 6.92 Å². The Balaban J connectivity index is 1.76. The van der Waals surface area contributed by atoms with E-state index in [1.807, 2.05) is 6.07 Å². The van der Waals surface area contributed by atoms with Gasteiger partial charge in [0.1, 0.15) is 5.75 Å². The molecule has 0 fully saturated rings. The summed E-state index contributed by atoms with van der Waals surface area (Å²) < 4.78 is 5.18. The quantitative estimate of drug-likeness (QED) is 0.694. The second-order valence-electron chi connectivity index (χ2n) is 5.60. The third-order valence-corrected chi connectivity index (χ3v) is 4.11. The van der Waals surface area contributed by atoms with Crippen LogP contribution in [0.4, 0.5) is 0 Å². The van der Waals surface area contributed by atoms with Gasteiger partial charge in [-0.05, 0) is 49.4 Å². The molecular formula is C19H16ClN3O3. The number of aryl methyl sites for hydroxylation is 1. The molecule has 2 aromatic carbocycles. The number of rotatable bonds is 3. The Labute approximate surface area is 155 Å². The number of pyridine rings is 1. The zero-order valence-electron chi connectivity index (χ0n) is 14.2. The SMILES string of the molecule is COc1ccc2cc(C(=O)NNC(=O)c3ccc(Cl)cc3)c(C)nc2c1. The van der Waals surface area contributed by atoms with Gasteiger partial charge >= 0.3 is 0 Å². The van der Waals surface area contributed by atoms with Gasteiger partial charge in [0.05, 0.1) is 23.9 Å². The number of halogens is 1. The molecule has 0 aliphatic carbocycles. The van der Waals surface area contributed by atoms with Crippen molar-refractivity contribution in [2.45, 2.75) is 6.92 Å². The maximum absolute atomic E-state index is 12.4. The average molecular weight is 370 g/mol. The van der Waals surface area contributed by atoms with Crippen molar-refractivity contribution >= 4 is 34.3 Å². The molecule has 0 aliphatic rings. The molecule has 0 bridgehead atoms. The van der Waals surface area contributed by atoms with Gasteiger partial charge in [0.15, 0.2) is 0 Å². The van der Waals surface area contributed by atoms with Gasteiger partial charge in [-0.25, -0.2) is 0 Å². The van der Waals surface area contributed by atoms with E-state index in [9.17, 15) is 9.59 Å². The summed E-state index contributed by atoms with van der Waals surface area (Å²) in [5.74, 6) is -0.196. The molecule has 1 heterocycles. The Morgan fingerprint density at radius 3 is 2.38 bits per heavy atom. The number of hydrogen-bond acceptors (Lipinski definition) is 4. The first-order valence-corrected chi connectivity index (χ1v) is 8.17. The van der Waals surface area contributed by atoms with Crippen molar-refractivity contribution < 1.29 is 14.3 Å². The first kappa shape index (κ1) is 17.7. The highest BCUT2D eigenvalue weighted by Crippen LogP contribution is 2.21. The minimum absolute atomic E-state index is 0.374. The highest BCUT2D eigenvalue weighted by Gasteiger charge is 2.13. The van der Waals surface area contributed by atoms with Gasteiger partial charge in [-0.15, -0.1) is 0 Å². The first-order valence-electron chi connectivity index (χ1n) is 7.79. The predicted octanol–water partition coefficient (Wildman–Crippen LogP) is 3.28. The third-order valence-electron chi connectivity index (χ3n) is 3.86. The summed E-state index contributed by atoms with van der Waals surface area (Å²) >= 11 is 5.79. The molecule has 0 atom stereocenters. The van der Waals surface area contributed by atoms with Gasteiger partial charge in [-0.2, -0.15) is 0 Å². The van der Waals surface area contributed by atoms with Crippen LogP contribution in [0.1, 0.15) is 26.4 Å². The number of nitrogens with one attached hydrogen (secondary N) is 2. The monoisotopic (exact) mass is 369 g/mol. The number of methoxy groups -OCH3 is 1. The number of fused-ring (bicyclic) bond motifs is 1. The molecule has 1 aromatic heterocycles. The molecule has 0 radical (unpaired) electrons. The van der Waals surface area contributed by atoms with E-state index in [4.69, 9.17) is 16.3 Å². The van der Waals surface area contributed by atoms with Crippen LogP contribution in [-0.2, 0) is 0 Å². The molecule has 132 valence electrons. The Morgan fingerprint density at radius 1 is 1.00 bits per heavy atom. The fraction of sp³-hybridized carbons (Fsp3) is 0.105. The number of carbonyl (C=O) groups excluding carboxylic acids is 2. The average Bonchev–Trinajstić information content (AvgIpc) is 2.65. The van der Waals surface area contributed by atoms with E-state index in [0.717, 1.165) is 10.9 Å². The summed E-state index contributed by atoms with van der Waals surface area (Å²) in [5.41, 5.74) is 6.81. The number of hydrogen-bond donors (Lipinski definition) is 2. The van der Waals surface area contributed by atoms with Crippen LogP contribution < -0.4 is 15.6 Å². The summed E-state index contributed by atoms with van der Waals surface area (Å²) in [6.45, 7) is 1.73. The molecule has 0 saturated carbocycles. The molecule has 2 N–H and O–H groups in total. The van der Waals surface area contributed by atoms with Crippen molar-refractivity contribution in [1.82, 2.24) is 15.8 Å². The third kappa shape index (κ3) is 3.75. The zero-order chi connectivity index (χ0) is 18.7. The van der Waals surface area contributed by atoms with Crippen molar-refractivity contribution in [2.75, 3.05) is 7.11 Å². The Morgan fingerprint density at radius 2 is 1.69 bits per heavy atom. The Hall–Kier alpha value is -3.12. The normalized spacial score (nSPS) is 10.4. The molecule has 2 amide bonds.